The molecule has 2 aromatic heterocycles. The van der Waals surface area contributed by atoms with E-state index in [1.165, 1.54) is 16.8 Å². The van der Waals surface area contributed by atoms with Gasteiger partial charge in [-0.3, -0.25) is 0 Å². The number of rotatable bonds is 4. The summed E-state index contributed by atoms with van der Waals surface area (Å²) in [5.74, 6) is -0.348. The second-order valence-corrected chi connectivity index (χ2v) is 4.14. The van der Waals surface area contributed by atoms with E-state index < -0.39 is 5.97 Å². The van der Waals surface area contributed by atoms with Crippen molar-refractivity contribution in [2.24, 2.45) is 0 Å². The second-order valence-electron chi connectivity index (χ2n) is 3.28. The van der Waals surface area contributed by atoms with Crippen LogP contribution in [0.1, 0.15) is 22.0 Å². The smallest absolute Gasteiger partial charge is 0.357 e. The lowest BCUT2D eigenvalue weighted by Gasteiger charge is -2.04. The first-order valence-corrected chi connectivity index (χ1v) is 5.74. The summed E-state index contributed by atoms with van der Waals surface area (Å²) in [6, 6.07) is 1.78. The molecule has 2 aromatic rings. The number of carboxylic acid groups (broad SMARTS) is 1. The topological polar surface area (TPSA) is 88.0 Å². The zero-order valence-corrected chi connectivity index (χ0v) is 9.86. The van der Waals surface area contributed by atoms with Crippen LogP contribution >= 0.6 is 11.3 Å². The van der Waals surface area contributed by atoms with E-state index in [9.17, 15) is 4.79 Å². The first-order valence-electron chi connectivity index (χ1n) is 4.86. The van der Waals surface area contributed by atoms with Gasteiger partial charge < -0.3 is 10.4 Å². The van der Waals surface area contributed by atoms with Crippen molar-refractivity contribution in [2.75, 3.05) is 5.32 Å². The highest BCUT2D eigenvalue weighted by Gasteiger charge is 2.12. The zero-order chi connectivity index (χ0) is 12.3. The summed E-state index contributed by atoms with van der Waals surface area (Å²) in [5.41, 5.74) is 2.35. The van der Waals surface area contributed by atoms with E-state index in [0.717, 1.165) is 5.69 Å². The van der Waals surface area contributed by atoms with Crippen molar-refractivity contribution >= 4 is 22.3 Å². The number of aromatic nitrogens is 3. The van der Waals surface area contributed by atoms with Crippen molar-refractivity contribution in [3.05, 3.63) is 35.0 Å². The maximum Gasteiger partial charge on any atom is 0.357 e. The molecular formula is C10H10N4O2S. The van der Waals surface area contributed by atoms with Crippen LogP contribution in [0.15, 0.2) is 17.8 Å². The molecule has 2 rings (SSSR count). The van der Waals surface area contributed by atoms with Crippen LogP contribution in [0.2, 0.25) is 0 Å². The van der Waals surface area contributed by atoms with Crippen molar-refractivity contribution in [3.63, 3.8) is 0 Å². The van der Waals surface area contributed by atoms with Crippen LogP contribution in [-0.2, 0) is 6.54 Å². The molecule has 0 saturated carbocycles. The predicted molar refractivity (Wildman–Crippen MR) is 63.2 cm³/mol. The maximum atomic E-state index is 10.8. The number of aromatic carboxylic acids is 1. The van der Waals surface area contributed by atoms with Crippen molar-refractivity contribution in [1.29, 1.82) is 0 Å². The molecule has 0 aromatic carbocycles. The Morgan fingerprint density at radius 3 is 3.06 bits per heavy atom. The summed E-state index contributed by atoms with van der Waals surface area (Å²) in [6.45, 7) is 2.25. The van der Waals surface area contributed by atoms with Crippen LogP contribution in [0.3, 0.4) is 0 Å². The number of carbonyl (C=O) groups is 1. The van der Waals surface area contributed by atoms with E-state index in [2.05, 4.69) is 20.3 Å². The molecule has 0 aliphatic carbocycles. The van der Waals surface area contributed by atoms with Crippen molar-refractivity contribution in [2.45, 2.75) is 13.5 Å². The highest BCUT2D eigenvalue weighted by atomic mass is 32.1. The first kappa shape index (κ1) is 11.5. The van der Waals surface area contributed by atoms with E-state index in [4.69, 9.17) is 5.11 Å². The minimum Gasteiger partial charge on any atom is -0.476 e. The number of nitrogens with one attached hydrogen (secondary N) is 1. The van der Waals surface area contributed by atoms with E-state index in [1.807, 2.05) is 0 Å². The van der Waals surface area contributed by atoms with E-state index in [-0.39, 0.29) is 5.69 Å². The fourth-order valence-electron chi connectivity index (χ4n) is 1.30. The third-order valence-electron chi connectivity index (χ3n) is 2.03. The number of carboxylic acids is 1. The molecule has 0 saturated heterocycles. The lowest BCUT2D eigenvalue weighted by atomic mass is 10.4. The van der Waals surface area contributed by atoms with Crippen molar-refractivity contribution in [3.8, 4) is 0 Å². The minimum atomic E-state index is -1.03. The molecule has 2 N–H and O–H groups in total. The molecule has 7 heteroatoms. The number of hydrogen-bond acceptors (Lipinski definition) is 6. The quantitative estimate of drug-likeness (QED) is 0.856. The van der Waals surface area contributed by atoms with Gasteiger partial charge in [-0.2, -0.15) is 0 Å². The summed E-state index contributed by atoms with van der Waals surface area (Å²) in [6.07, 6.45) is 1.67. The van der Waals surface area contributed by atoms with Crippen LogP contribution in [0, 0.1) is 6.92 Å². The molecule has 0 atom stereocenters. The fraction of sp³-hybridized carbons (Fsp3) is 0.200. The Labute approximate surface area is 101 Å². The largest absolute Gasteiger partial charge is 0.476 e. The van der Waals surface area contributed by atoms with Crippen LogP contribution < -0.4 is 5.32 Å². The average molecular weight is 250 g/mol. The molecule has 0 radical (unpaired) electrons. The zero-order valence-electron chi connectivity index (χ0n) is 9.04. The van der Waals surface area contributed by atoms with Gasteiger partial charge in [-0.1, -0.05) is 0 Å². The van der Waals surface area contributed by atoms with Gasteiger partial charge in [0.15, 0.2) is 5.69 Å². The Hall–Kier alpha value is -2.02. The fourth-order valence-corrected chi connectivity index (χ4v) is 1.97. The van der Waals surface area contributed by atoms with Crippen molar-refractivity contribution in [1.82, 2.24) is 15.0 Å². The summed E-state index contributed by atoms with van der Waals surface area (Å²) in [5, 5.41) is 12.4. The molecule has 2 heterocycles. The Morgan fingerprint density at radius 1 is 1.53 bits per heavy atom. The first-order chi connectivity index (χ1) is 8.16. The molecule has 0 aliphatic rings. The standard InChI is InChI=1S/C10H10N4O2S/c1-6-11-3-2-7(14-6)4-12-9-8(10(15)16)13-5-17-9/h2-3,5,12H,4H2,1H3,(H,15,16). The number of aryl methyl sites for hydroxylation is 1. The number of thiazole rings is 1. The van der Waals surface area contributed by atoms with Gasteiger partial charge in [0.05, 0.1) is 17.7 Å². The maximum absolute atomic E-state index is 10.8. The van der Waals surface area contributed by atoms with Gasteiger partial charge in [0, 0.05) is 6.20 Å². The molecule has 0 fully saturated rings. The monoisotopic (exact) mass is 250 g/mol. The second kappa shape index (κ2) is 4.88. The Kier molecular flexibility index (Phi) is 3.29. The van der Waals surface area contributed by atoms with Gasteiger partial charge in [-0.05, 0) is 13.0 Å². The van der Waals surface area contributed by atoms with Crippen LogP contribution in [0.25, 0.3) is 0 Å². The average Bonchev–Trinajstić information content (AvgIpc) is 2.74. The molecule has 0 amide bonds. The van der Waals surface area contributed by atoms with Gasteiger partial charge >= 0.3 is 5.97 Å². The molecule has 0 aliphatic heterocycles. The third-order valence-corrected chi connectivity index (χ3v) is 2.82. The summed E-state index contributed by atoms with van der Waals surface area (Å²) in [7, 11) is 0. The van der Waals surface area contributed by atoms with E-state index in [1.54, 1.807) is 19.2 Å². The Morgan fingerprint density at radius 2 is 2.35 bits per heavy atom. The highest BCUT2D eigenvalue weighted by molar-refractivity contribution is 7.14. The molecule has 0 spiro atoms. The summed E-state index contributed by atoms with van der Waals surface area (Å²) >= 11 is 1.25. The lowest BCUT2D eigenvalue weighted by Crippen LogP contribution is -2.06. The van der Waals surface area contributed by atoms with Gasteiger partial charge in [0.2, 0.25) is 0 Å². The van der Waals surface area contributed by atoms with Gasteiger partial charge in [0.1, 0.15) is 10.8 Å². The Balaban J connectivity index is 2.07. The third kappa shape index (κ3) is 2.76. The van der Waals surface area contributed by atoms with Crippen LogP contribution in [-0.4, -0.2) is 26.0 Å². The molecule has 88 valence electrons. The van der Waals surface area contributed by atoms with E-state index in [0.29, 0.717) is 17.4 Å². The number of hydrogen-bond donors (Lipinski definition) is 2. The van der Waals surface area contributed by atoms with Gasteiger partial charge in [-0.25, -0.2) is 19.7 Å². The SMILES string of the molecule is Cc1nccc(CNc2scnc2C(=O)O)n1. The normalized spacial score (nSPS) is 10.2. The predicted octanol–water partition coefficient (Wildman–Crippen LogP) is 1.55. The molecule has 6 nitrogen and oxygen atoms in total. The van der Waals surface area contributed by atoms with Crippen LogP contribution in [0.5, 0.6) is 0 Å². The van der Waals surface area contributed by atoms with Crippen LogP contribution in [0.4, 0.5) is 5.00 Å². The Bertz CT molecular complexity index is 541. The minimum absolute atomic E-state index is 0.0424. The lowest BCUT2D eigenvalue weighted by molar-refractivity contribution is 0.0692. The number of nitrogens with zero attached hydrogens (tertiary/aromatic N) is 3. The highest BCUT2D eigenvalue weighted by Crippen LogP contribution is 2.20. The van der Waals surface area contributed by atoms with Gasteiger partial charge in [0.25, 0.3) is 0 Å². The molecule has 0 unspecified atom stereocenters. The van der Waals surface area contributed by atoms with Crippen molar-refractivity contribution < 1.29 is 9.90 Å². The van der Waals surface area contributed by atoms with E-state index >= 15 is 0 Å². The molecule has 0 bridgehead atoms. The summed E-state index contributed by atoms with van der Waals surface area (Å²) < 4.78 is 0. The molecule has 17 heavy (non-hydrogen) atoms. The molecular weight excluding hydrogens is 240 g/mol. The summed E-state index contributed by atoms with van der Waals surface area (Å²) in [4.78, 5) is 22.8. The number of anilines is 1. The van der Waals surface area contributed by atoms with Gasteiger partial charge in [-0.15, -0.1) is 11.3 Å².